The molecule has 1 aliphatic carbocycles. The first-order valence-corrected chi connectivity index (χ1v) is 7.58. The number of rotatable bonds is 9. The molecule has 0 radical (unpaired) electrons. The Morgan fingerprint density at radius 3 is 2.95 bits per heavy atom. The average molecular weight is 294 g/mol. The highest BCUT2D eigenvalue weighted by atomic mass is 19.1. The highest BCUT2D eigenvalue weighted by Crippen LogP contribution is 2.27. The maximum atomic E-state index is 13.8. The lowest BCUT2D eigenvalue weighted by molar-refractivity contribution is -0.123. The monoisotopic (exact) mass is 294 g/mol. The molecule has 1 fully saturated rings. The van der Waals surface area contributed by atoms with Gasteiger partial charge < -0.3 is 15.4 Å². The maximum Gasteiger partial charge on any atom is 0.257 e. The molecule has 0 heterocycles. The number of carbonyl (C=O) groups is 1. The van der Waals surface area contributed by atoms with Crippen LogP contribution in [0.5, 0.6) is 5.75 Å². The lowest BCUT2D eigenvalue weighted by atomic mass is 10.2. The van der Waals surface area contributed by atoms with Crippen molar-refractivity contribution in [3.05, 3.63) is 29.6 Å². The quantitative estimate of drug-likeness (QED) is 0.687. The Labute approximate surface area is 125 Å². The Hall–Kier alpha value is -1.62. The predicted molar refractivity (Wildman–Crippen MR) is 79.6 cm³/mol. The Morgan fingerprint density at radius 2 is 2.24 bits per heavy atom. The van der Waals surface area contributed by atoms with Crippen LogP contribution < -0.4 is 15.4 Å². The summed E-state index contributed by atoms with van der Waals surface area (Å²) < 4.78 is 19.2. The van der Waals surface area contributed by atoms with E-state index in [0.717, 1.165) is 18.5 Å². The third-order valence-corrected chi connectivity index (χ3v) is 3.42. The second kappa shape index (κ2) is 7.98. The van der Waals surface area contributed by atoms with Gasteiger partial charge in [0, 0.05) is 18.7 Å². The van der Waals surface area contributed by atoms with E-state index in [9.17, 15) is 9.18 Å². The van der Waals surface area contributed by atoms with Gasteiger partial charge in [-0.1, -0.05) is 19.1 Å². The van der Waals surface area contributed by atoms with Crippen molar-refractivity contribution in [2.75, 3.05) is 19.7 Å². The Kier molecular flexibility index (Phi) is 5.99. The van der Waals surface area contributed by atoms with Crippen molar-refractivity contribution in [2.24, 2.45) is 5.92 Å². The van der Waals surface area contributed by atoms with Gasteiger partial charge in [-0.25, -0.2) is 4.39 Å². The van der Waals surface area contributed by atoms with E-state index in [-0.39, 0.29) is 18.3 Å². The summed E-state index contributed by atoms with van der Waals surface area (Å²) in [4.78, 5) is 11.7. The lowest BCUT2D eigenvalue weighted by Gasteiger charge is -2.13. The molecule has 0 atom stereocenters. The molecule has 0 spiro atoms. The molecule has 1 aromatic rings. The van der Waals surface area contributed by atoms with E-state index in [1.165, 1.54) is 18.9 Å². The fourth-order valence-corrected chi connectivity index (χ4v) is 2.02. The van der Waals surface area contributed by atoms with Crippen LogP contribution >= 0.6 is 0 Å². The van der Waals surface area contributed by atoms with Crippen molar-refractivity contribution >= 4 is 5.91 Å². The van der Waals surface area contributed by atoms with Gasteiger partial charge in [0.2, 0.25) is 0 Å². The number of carbonyl (C=O) groups excluding carboxylic acids is 1. The lowest BCUT2D eigenvalue weighted by Crippen LogP contribution is -2.30. The van der Waals surface area contributed by atoms with Gasteiger partial charge in [-0.3, -0.25) is 4.79 Å². The molecular formula is C16H23FN2O2. The molecule has 0 saturated heterocycles. The number of nitrogens with one attached hydrogen (secondary N) is 2. The number of ether oxygens (including phenoxy) is 1. The van der Waals surface area contributed by atoms with Gasteiger partial charge in [-0.05, 0) is 37.8 Å². The van der Waals surface area contributed by atoms with Crippen molar-refractivity contribution in [1.82, 2.24) is 10.6 Å². The minimum Gasteiger partial charge on any atom is -0.480 e. The van der Waals surface area contributed by atoms with Crippen LogP contribution in [0.3, 0.4) is 0 Å². The van der Waals surface area contributed by atoms with Crippen LogP contribution in [-0.4, -0.2) is 25.6 Å². The zero-order valence-corrected chi connectivity index (χ0v) is 12.5. The number of hydrogen-bond acceptors (Lipinski definition) is 3. The fourth-order valence-electron chi connectivity index (χ4n) is 2.02. The molecule has 1 amide bonds. The van der Waals surface area contributed by atoms with Gasteiger partial charge in [0.1, 0.15) is 0 Å². The Morgan fingerprint density at radius 1 is 1.43 bits per heavy atom. The summed E-state index contributed by atoms with van der Waals surface area (Å²) in [5.74, 6) is 0.164. The average Bonchev–Trinajstić information content (AvgIpc) is 3.29. The number of halogens is 1. The Bertz CT molecular complexity index is 475. The second-order valence-electron chi connectivity index (χ2n) is 5.44. The first-order chi connectivity index (χ1) is 10.2. The molecule has 21 heavy (non-hydrogen) atoms. The van der Waals surface area contributed by atoms with E-state index in [2.05, 4.69) is 17.6 Å². The van der Waals surface area contributed by atoms with Crippen molar-refractivity contribution in [3.63, 3.8) is 0 Å². The van der Waals surface area contributed by atoms with Crippen LogP contribution in [0.15, 0.2) is 18.2 Å². The first kappa shape index (κ1) is 15.8. The van der Waals surface area contributed by atoms with E-state index >= 15 is 0 Å². The molecule has 2 N–H and O–H groups in total. The third kappa shape index (κ3) is 5.34. The van der Waals surface area contributed by atoms with Crippen LogP contribution in [0.1, 0.15) is 31.7 Å². The summed E-state index contributed by atoms with van der Waals surface area (Å²) >= 11 is 0. The molecule has 1 aromatic carbocycles. The summed E-state index contributed by atoms with van der Waals surface area (Å²) in [5, 5.41) is 6.01. The van der Waals surface area contributed by atoms with Crippen LogP contribution in [0.4, 0.5) is 4.39 Å². The zero-order chi connectivity index (χ0) is 15.1. The second-order valence-corrected chi connectivity index (χ2v) is 5.44. The van der Waals surface area contributed by atoms with Crippen LogP contribution in [-0.2, 0) is 11.3 Å². The van der Waals surface area contributed by atoms with Gasteiger partial charge in [0.05, 0.1) is 0 Å². The van der Waals surface area contributed by atoms with Crippen LogP contribution in [0.2, 0.25) is 0 Å². The molecule has 116 valence electrons. The first-order valence-electron chi connectivity index (χ1n) is 7.58. The molecule has 5 heteroatoms. The maximum absolute atomic E-state index is 13.8. The molecule has 0 unspecified atom stereocenters. The molecular weight excluding hydrogens is 271 g/mol. The largest absolute Gasteiger partial charge is 0.480 e. The zero-order valence-electron chi connectivity index (χ0n) is 12.5. The van der Waals surface area contributed by atoms with Crippen LogP contribution in [0, 0.1) is 11.7 Å². The van der Waals surface area contributed by atoms with Crippen molar-refractivity contribution in [1.29, 1.82) is 0 Å². The Balaban J connectivity index is 1.85. The highest BCUT2D eigenvalue weighted by molar-refractivity contribution is 5.77. The smallest absolute Gasteiger partial charge is 0.257 e. The standard InChI is InChI=1S/C16H23FN2O2/c1-2-8-18-10-13-4-3-5-14(17)16(13)21-11-15(20)19-9-12-6-7-12/h3-5,12,18H,2,6-11H2,1H3,(H,19,20). The normalized spacial score (nSPS) is 14.0. The summed E-state index contributed by atoms with van der Waals surface area (Å²) in [6, 6.07) is 4.81. The molecule has 4 nitrogen and oxygen atoms in total. The number of benzene rings is 1. The van der Waals surface area contributed by atoms with Crippen molar-refractivity contribution < 1.29 is 13.9 Å². The summed E-state index contributed by atoms with van der Waals surface area (Å²) in [7, 11) is 0. The summed E-state index contributed by atoms with van der Waals surface area (Å²) in [5.41, 5.74) is 0.735. The fraction of sp³-hybridized carbons (Fsp3) is 0.562. The SMILES string of the molecule is CCCNCc1cccc(F)c1OCC(=O)NCC1CC1. The van der Waals surface area contributed by atoms with E-state index in [4.69, 9.17) is 4.74 Å². The van der Waals surface area contributed by atoms with Crippen molar-refractivity contribution in [3.8, 4) is 5.75 Å². The number of hydrogen-bond donors (Lipinski definition) is 2. The van der Waals surface area contributed by atoms with Crippen LogP contribution in [0.25, 0.3) is 0 Å². The molecule has 2 rings (SSSR count). The number of amides is 1. The topological polar surface area (TPSA) is 50.4 Å². The molecule has 1 saturated carbocycles. The summed E-state index contributed by atoms with van der Waals surface area (Å²) in [6.07, 6.45) is 3.37. The molecule has 1 aliphatic rings. The molecule has 0 aliphatic heterocycles. The molecule has 0 bridgehead atoms. The highest BCUT2D eigenvalue weighted by Gasteiger charge is 2.21. The van der Waals surface area contributed by atoms with E-state index in [1.807, 2.05) is 6.07 Å². The molecule has 0 aromatic heterocycles. The van der Waals surface area contributed by atoms with Gasteiger partial charge in [0.25, 0.3) is 5.91 Å². The van der Waals surface area contributed by atoms with E-state index in [0.29, 0.717) is 19.0 Å². The van der Waals surface area contributed by atoms with Crippen molar-refractivity contribution in [2.45, 2.75) is 32.7 Å². The minimum absolute atomic E-state index is 0.144. The minimum atomic E-state index is -0.430. The van der Waals surface area contributed by atoms with Gasteiger partial charge in [0.15, 0.2) is 18.2 Å². The van der Waals surface area contributed by atoms with E-state index in [1.54, 1.807) is 6.07 Å². The summed E-state index contributed by atoms with van der Waals surface area (Å²) in [6.45, 7) is 4.02. The van der Waals surface area contributed by atoms with Gasteiger partial charge >= 0.3 is 0 Å². The number of para-hydroxylation sites is 1. The van der Waals surface area contributed by atoms with E-state index < -0.39 is 5.82 Å². The van der Waals surface area contributed by atoms with Gasteiger partial charge in [-0.2, -0.15) is 0 Å². The third-order valence-electron chi connectivity index (χ3n) is 3.42. The predicted octanol–water partition coefficient (Wildman–Crippen LogP) is 2.23. The van der Waals surface area contributed by atoms with Gasteiger partial charge in [-0.15, -0.1) is 0 Å².